The van der Waals surface area contributed by atoms with Crippen LogP contribution in [0.5, 0.6) is 0 Å². The van der Waals surface area contributed by atoms with Crippen LogP contribution in [0, 0.1) is 0 Å². The van der Waals surface area contributed by atoms with Crippen molar-refractivity contribution < 1.29 is 72.9 Å². The van der Waals surface area contributed by atoms with Gasteiger partial charge in [-0.25, -0.2) is 9.13 Å². The maximum Gasteiger partial charge on any atom is 1.00 e. The van der Waals surface area contributed by atoms with Crippen LogP contribution in [-0.4, -0.2) is 14.7 Å². The molecule has 0 aliphatic carbocycles. The van der Waals surface area contributed by atoms with Gasteiger partial charge in [-0.1, -0.05) is 0 Å². The predicted octanol–water partition coefficient (Wildman–Crippen LogP) is -5.60. The third-order valence-corrected chi connectivity index (χ3v) is 1.86. The molecule has 1 unspecified atom stereocenters. The minimum absolute atomic E-state index is 0. The van der Waals surface area contributed by atoms with Crippen LogP contribution >= 0.6 is 15.7 Å². The molecule has 0 heterocycles. The molecule has 0 bridgehead atoms. The van der Waals surface area contributed by atoms with Crippen molar-refractivity contribution >= 4 is 15.7 Å². The van der Waals surface area contributed by atoms with Gasteiger partial charge < -0.3 is 12.6 Å². The van der Waals surface area contributed by atoms with E-state index >= 15 is 0 Å². The molecule has 1 atom stereocenters. The smallest absolute Gasteiger partial charge is 1.00 e. The van der Waals surface area contributed by atoms with Gasteiger partial charge in [0.2, 0.25) is 0 Å². The largest absolute Gasteiger partial charge is 1.00 e. The van der Waals surface area contributed by atoms with Crippen LogP contribution in [0.25, 0.3) is 0 Å². The zero-order valence-corrected chi connectivity index (χ0v) is 7.63. The molecule has 0 aromatic heterocycles. The van der Waals surface area contributed by atoms with Gasteiger partial charge >= 0.3 is 53.5 Å². The van der Waals surface area contributed by atoms with E-state index in [0.29, 0.717) is 0 Å². The number of rotatable bonds is 2. The fraction of sp³-hybridized carbons (Fsp3) is 0. The van der Waals surface area contributed by atoms with Gasteiger partial charge in [0, 0.05) is 0 Å². The summed E-state index contributed by atoms with van der Waals surface area (Å²) in [7, 11) is -10.7. The summed E-state index contributed by atoms with van der Waals surface area (Å²) >= 11 is 0. The summed E-state index contributed by atoms with van der Waals surface area (Å²) in [5, 5.41) is 0. The quantitative estimate of drug-likeness (QED) is 0.300. The van der Waals surface area contributed by atoms with Gasteiger partial charge in [-0.3, -0.25) is 4.89 Å². The fourth-order valence-electron chi connectivity index (χ4n) is 0.131. The number of hydrogen-bond acceptors (Lipinski definition) is 3. The molecule has 3 N–H and O–H groups in total. The van der Waals surface area contributed by atoms with Crippen LogP contribution in [0.15, 0.2) is 0 Å². The molecule has 0 aromatic rings. The maximum atomic E-state index is 11.3. The van der Waals surface area contributed by atoms with Crippen molar-refractivity contribution in [3.05, 3.63) is 0 Å². The third kappa shape index (κ3) is 18.4. The number of phosphoric acid groups is 1. The summed E-state index contributed by atoms with van der Waals surface area (Å²) in [4.78, 5) is 22.9. The van der Waals surface area contributed by atoms with E-state index in [1.54, 1.807) is 0 Å². The molecule has 0 radical (unpaired) electrons. The summed E-state index contributed by atoms with van der Waals surface area (Å²) in [6.45, 7) is 0. The van der Waals surface area contributed by atoms with E-state index in [1.165, 1.54) is 0 Å². The van der Waals surface area contributed by atoms with Crippen molar-refractivity contribution in [3.8, 4) is 0 Å². The van der Waals surface area contributed by atoms with Gasteiger partial charge in [-0.15, -0.1) is 4.20 Å². The van der Waals surface area contributed by atoms with E-state index in [1.807, 2.05) is 0 Å². The molecule has 11 heteroatoms. The van der Waals surface area contributed by atoms with Gasteiger partial charge in [0.05, 0.1) is 0 Å². The zero-order valence-electron chi connectivity index (χ0n) is 7.84. The van der Waals surface area contributed by atoms with E-state index in [4.69, 9.17) is 14.7 Å². The van der Waals surface area contributed by atoms with Crippen LogP contribution in [0.4, 0.5) is 4.20 Å². The van der Waals surface area contributed by atoms with Gasteiger partial charge in [-0.2, -0.15) is 4.31 Å². The first-order valence-corrected chi connectivity index (χ1v) is 4.50. The molecule has 0 aliphatic heterocycles. The normalized spacial score (nSPS) is 15.6. The van der Waals surface area contributed by atoms with E-state index in [0.717, 1.165) is 0 Å². The molecule has 0 saturated heterocycles. The van der Waals surface area contributed by atoms with Crippen molar-refractivity contribution in [2.45, 2.75) is 0 Å². The Balaban J connectivity index is -0.0000000533. The summed E-state index contributed by atoms with van der Waals surface area (Å²) < 4.78 is 33.0. The second-order valence-corrected chi connectivity index (χ2v) is 3.56. The van der Waals surface area contributed by atoms with E-state index in [9.17, 15) is 13.3 Å². The first kappa shape index (κ1) is 18.3. The summed E-state index contributed by atoms with van der Waals surface area (Å²) in [6.07, 6.45) is 0. The standard InChI is InChI=1S/FH3O6P2.2Li.2H/c1-8(2,3)7-9(4,5)6;;;;/h(H,2,3)(H2,4,5,6);;;;/q;2*+1;2*-1. The van der Waals surface area contributed by atoms with E-state index in [2.05, 4.69) is 4.31 Å². The minimum atomic E-state index is -5.55. The second kappa shape index (κ2) is 5.97. The molecule has 0 aliphatic rings. The summed E-state index contributed by atoms with van der Waals surface area (Å²) in [5.74, 6) is 0. The molecule has 0 rings (SSSR count). The van der Waals surface area contributed by atoms with Crippen molar-refractivity contribution in [1.29, 1.82) is 0 Å². The average Bonchev–Trinajstić information content (AvgIpc) is 1.14. The van der Waals surface area contributed by atoms with Crippen LogP contribution in [0.2, 0.25) is 0 Å². The zero-order chi connectivity index (χ0) is 7.71. The Kier molecular flexibility index (Phi) is 9.90. The molecule has 0 spiro atoms. The molecule has 0 saturated carbocycles. The molecule has 60 valence electrons. The topological polar surface area (TPSA) is 104 Å². The molecule has 0 fully saturated rings. The Hall–Kier alpha value is 1.42. The SMILES string of the molecule is O=P(O)(O)OP(=O)(O)F.[H-].[H-].[Li+].[Li+]. The van der Waals surface area contributed by atoms with Gasteiger partial charge in [0.25, 0.3) is 0 Å². The molecule has 0 aromatic carbocycles. The van der Waals surface area contributed by atoms with Crippen LogP contribution < -0.4 is 37.7 Å². The summed E-state index contributed by atoms with van der Waals surface area (Å²) in [6, 6.07) is 0. The molecule has 11 heavy (non-hydrogen) atoms. The first-order chi connectivity index (χ1) is 3.71. The Bertz CT molecular complexity index is 167. The number of halogens is 1. The van der Waals surface area contributed by atoms with Crippen LogP contribution in [0.1, 0.15) is 2.85 Å². The van der Waals surface area contributed by atoms with Gasteiger partial charge in [-0.05, 0) is 0 Å². The summed E-state index contributed by atoms with van der Waals surface area (Å²) in [5.41, 5.74) is 0. The monoisotopic (exact) mass is 196 g/mol. The maximum absolute atomic E-state index is 11.3. The third-order valence-electron chi connectivity index (χ3n) is 0.207. The van der Waals surface area contributed by atoms with E-state index < -0.39 is 15.7 Å². The molecule has 0 amide bonds. The Morgan fingerprint density at radius 1 is 1.18 bits per heavy atom. The fourth-order valence-corrected chi connectivity index (χ4v) is 1.18. The molecular weight excluding hydrogens is 191 g/mol. The number of hydrogen-bond donors (Lipinski definition) is 3. The average molecular weight is 196 g/mol. The molecule has 6 nitrogen and oxygen atoms in total. The Morgan fingerprint density at radius 3 is 1.45 bits per heavy atom. The Morgan fingerprint density at radius 2 is 1.45 bits per heavy atom. The van der Waals surface area contributed by atoms with Crippen molar-refractivity contribution in [2.24, 2.45) is 0 Å². The van der Waals surface area contributed by atoms with Gasteiger partial charge in [0.1, 0.15) is 0 Å². The first-order valence-electron chi connectivity index (χ1n) is 1.50. The predicted molar refractivity (Wildman–Crippen MR) is 26.3 cm³/mol. The van der Waals surface area contributed by atoms with E-state index in [-0.39, 0.29) is 40.6 Å². The van der Waals surface area contributed by atoms with Crippen LogP contribution in [-0.2, 0) is 13.4 Å². The van der Waals surface area contributed by atoms with Crippen molar-refractivity contribution in [1.82, 2.24) is 0 Å². The van der Waals surface area contributed by atoms with Crippen molar-refractivity contribution in [3.63, 3.8) is 0 Å². The minimum Gasteiger partial charge on any atom is -1.00 e. The second-order valence-electron chi connectivity index (χ2n) is 1.02. The van der Waals surface area contributed by atoms with Crippen molar-refractivity contribution in [2.75, 3.05) is 0 Å². The van der Waals surface area contributed by atoms with Crippen LogP contribution in [0.3, 0.4) is 0 Å². The van der Waals surface area contributed by atoms with Gasteiger partial charge in [0.15, 0.2) is 0 Å². The molecular formula is H5FLi2O6P2. The Labute approximate surface area is 88.7 Å².